The Morgan fingerprint density at radius 1 is 1.23 bits per heavy atom. The number of rotatable bonds is 6. The van der Waals surface area contributed by atoms with Crippen LogP contribution in [0.2, 0.25) is 0 Å². The molecule has 0 atom stereocenters. The number of anilines is 2. The Morgan fingerprint density at radius 2 is 2.00 bits per heavy atom. The Kier molecular flexibility index (Phi) is 6.76. The van der Waals surface area contributed by atoms with Crippen LogP contribution in [-0.4, -0.2) is 48.1 Å². The number of H-pyrrole nitrogens is 1. The molecular formula is C20H20F3N5O2S. The Bertz CT molecular complexity index is 1110. The van der Waals surface area contributed by atoms with Gasteiger partial charge in [0.2, 0.25) is 5.56 Å². The summed E-state index contributed by atoms with van der Waals surface area (Å²) in [5, 5.41) is 4.52. The van der Waals surface area contributed by atoms with Crippen molar-refractivity contribution in [2.75, 3.05) is 32.1 Å². The van der Waals surface area contributed by atoms with Crippen LogP contribution in [0.15, 0.2) is 52.8 Å². The van der Waals surface area contributed by atoms with Gasteiger partial charge >= 0.3 is 12.2 Å². The molecular weight excluding hydrogens is 431 g/mol. The predicted octanol–water partition coefficient (Wildman–Crippen LogP) is 3.93. The largest absolute Gasteiger partial charge is 0.416 e. The molecule has 1 aromatic carbocycles. The number of nitrogens with one attached hydrogen (secondary N) is 2. The number of alkyl halides is 3. The summed E-state index contributed by atoms with van der Waals surface area (Å²) in [7, 11) is 3.68. The number of benzene rings is 1. The Morgan fingerprint density at radius 3 is 2.68 bits per heavy atom. The van der Waals surface area contributed by atoms with E-state index in [0.717, 1.165) is 28.4 Å². The molecule has 2 amide bonds. The molecule has 0 radical (unpaired) electrons. The third-order valence-electron chi connectivity index (χ3n) is 4.22. The molecule has 0 aliphatic rings. The van der Waals surface area contributed by atoms with Gasteiger partial charge in [0.15, 0.2) is 5.13 Å². The van der Waals surface area contributed by atoms with Crippen molar-refractivity contribution >= 4 is 28.2 Å². The predicted molar refractivity (Wildman–Crippen MR) is 114 cm³/mol. The Labute approximate surface area is 180 Å². The zero-order chi connectivity index (χ0) is 22.6. The highest BCUT2D eigenvalue weighted by Gasteiger charge is 2.32. The summed E-state index contributed by atoms with van der Waals surface area (Å²) in [4.78, 5) is 34.4. The number of pyridine rings is 1. The lowest BCUT2D eigenvalue weighted by Gasteiger charge is -2.22. The van der Waals surface area contributed by atoms with Crippen LogP contribution in [0.3, 0.4) is 0 Å². The fraction of sp³-hybridized carbons (Fsp3) is 0.250. The van der Waals surface area contributed by atoms with Crippen molar-refractivity contribution in [1.82, 2.24) is 20.2 Å². The van der Waals surface area contributed by atoms with Crippen molar-refractivity contribution in [3.8, 4) is 11.3 Å². The minimum absolute atomic E-state index is 0.0315. The van der Waals surface area contributed by atoms with Crippen molar-refractivity contribution in [2.24, 2.45) is 0 Å². The molecule has 2 N–H and O–H groups in total. The number of aromatic amines is 1. The van der Waals surface area contributed by atoms with Gasteiger partial charge in [-0.3, -0.25) is 4.79 Å². The number of carbonyl (C=O) groups is 1. The van der Waals surface area contributed by atoms with Crippen molar-refractivity contribution in [3.63, 3.8) is 0 Å². The van der Waals surface area contributed by atoms with Crippen LogP contribution in [-0.2, 0) is 6.18 Å². The standard InChI is InChI=1S/C20H20F3N5O2S/c1-27(2)9-8-25-18(30)28(15-5-3-4-14(11-15)20(21,22)23)19-26-16(12-31-19)13-6-7-24-17(29)10-13/h3-7,10-12H,8-9H2,1-2H3,(H,24,29)(H,25,30). The van der Waals surface area contributed by atoms with E-state index in [1.165, 1.54) is 24.4 Å². The highest BCUT2D eigenvalue weighted by molar-refractivity contribution is 7.14. The fourth-order valence-electron chi connectivity index (χ4n) is 2.70. The summed E-state index contributed by atoms with van der Waals surface area (Å²) < 4.78 is 39.7. The number of likely N-dealkylation sites (N-methyl/N-ethyl adjacent to an activating group) is 1. The SMILES string of the molecule is CN(C)CCNC(=O)N(c1cccc(C(F)(F)F)c1)c1nc(-c2cc[nH]c(=O)c2)cs1. The normalized spacial score (nSPS) is 11.5. The molecule has 3 aromatic rings. The molecule has 0 aliphatic carbocycles. The van der Waals surface area contributed by atoms with Crippen molar-refractivity contribution in [2.45, 2.75) is 6.18 Å². The molecule has 0 spiro atoms. The van der Waals surface area contributed by atoms with E-state index >= 15 is 0 Å². The molecule has 7 nitrogen and oxygen atoms in total. The van der Waals surface area contributed by atoms with Gasteiger partial charge < -0.3 is 15.2 Å². The summed E-state index contributed by atoms with van der Waals surface area (Å²) in [6.07, 6.45) is -3.09. The highest BCUT2D eigenvalue weighted by Crippen LogP contribution is 2.36. The highest BCUT2D eigenvalue weighted by atomic mass is 32.1. The quantitative estimate of drug-likeness (QED) is 0.595. The van der Waals surface area contributed by atoms with Gasteiger partial charge in [-0.1, -0.05) is 6.07 Å². The Balaban J connectivity index is 1.99. The van der Waals surface area contributed by atoms with Crippen LogP contribution in [0.4, 0.5) is 28.8 Å². The average molecular weight is 451 g/mol. The van der Waals surface area contributed by atoms with Crippen LogP contribution in [0.1, 0.15) is 5.56 Å². The number of hydrogen-bond acceptors (Lipinski definition) is 5. The van der Waals surface area contributed by atoms with Gasteiger partial charge in [-0.25, -0.2) is 14.7 Å². The van der Waals surface area contributed by atoms with Gasteiger partial charge in [-0.2, -0.15) is 13.2 Å². The molecule has 3 rings (SSSR count). The van der Waals surface area contributed by atoms with Gasteiger partial charge in [-0.05, 0) is 38.4 Å². The first-order valence-electron chi connectivity index (χ1n) is 9.20. The number of urea groups is 1. The monoisotopic (exact) mass is 451 g/mol. The zero-order valence-corrected chi connectivity index (χ0v) is 17.5. The second-order valence-electron chi connectivity index (χ2n) is 6.88. The second kappa shape index (κ2) is 9.31. The number of halogens is 3. The van der Waals surface area contributed by atoms with Crippen LogP contribution in [0.25, 0.3) is 11.3 Å². The second-order valence-corrected chi connectivity index (χ2v) is 7.71. The maximum atomic E-state index is 13.2. The molecule has 2 heterocycles. The molecule has 0 fully saturated rings. The fourth-order valence-corrected chi connectivity index (χ4v) is 3.56. The summed E-state index contributed by atoms with van der Waals surface area (Å²) >= 11 is 1.08. The summed E-state index contributed by atoms with van der Waals surface area (Å²) in [5.74, 6) is 0. The molecule has 11 heteroatoms. The molecule has 0 saturated carbocycles. The summed E-state index contributed by atoms with van der Waals surface area (Å²) in [5.41, 5.74) is -0.193. The maximum absolute atomic E-state index is 13.2. The molecule has 0 unspecified atom stereocenters. The average Bonchev–Trinajstić information content (AvgIpc) is 3.17. The minimum Gasteiger partial charge on any atom is -0.336 e. The van der Waals surface area contributed by atoms with E-state index in [4.69, 9.17) is 0 Å². The smallest absolute Gasteiger partial charge is 0.336 e. The lowest BCUT2D eigenvalue weighted by atomic mass is 10.2. The van der Waals surface area contributed by atoms with Gasteiger partial charge in [0.05, 0.1) is 16.9 Å². The molecule has 2 aromatic heterocycles. The van der Waals surface area contributed by atoms with Gasteiger partial charge in [0.1, 0.15) is 0 Å². The van der Waals surface area contributed by atoms with Crippen LogP contribution in [0, 0.1) is 0 Å². The molecule has 0 aliphatic heterocycles. The molecule has 31 heavy (non-hydrogen) atoms. The number of thiazole rings is 1. The minimum atomic E-state index is -4.55. The van der Waals surface area contributed by atoms with Crippen LogP contribution in [0.5, 0.6) is 0 Å². The van der Waals surface area contributed by atoms with Gasteiger partial charge in [0.25, 0.3) is 0 Å². The van der Waals surface area contributed by atoms with E-state index in [1.54, 1.807) is 11.4 Å². The van der Waals surface area contributed by atoms with Crippen LogP contribution < -0.4 is 15.8 Å². The van der Waals surface area contributed by atoms with E-state index in [2.05, 4.69) is 15.3 Å². The lowest BCUT2D eigenvalue weighted by molar-refractivity contribution is -0.137. The first kappa shape index (κ1) is 22.5. The van der Waals surface area contributed by atoms with E-state index in [1.807, 2.05) is 19.0 Å². The van der Waals surface area contributed by atoms with E-state index in [0.29, 0.717) is 24.3 Å². The van der Waals surface area contributed by atoms with Gasteiger partial charge in [0, 0.05) is 36.3 Å². The van der Waals surface area contributed by atoms with Crippen molar-refractivity contribution in [1.29, 1.82) is 0 Å². The third kappa shape index (κ3) is 5.70. The first-order valence-corrected chi connectivity index (χ1v) is 10.1. The topological polar surface area (TPSA) is 81.3 Å². The molecule has 0 saturated heterocycles. The van der Waals surface area contributed by atoms with Crippen LogP contribution >= 0.6 is 11.3 Å². The van der Waals surface area contributed by atoms with Crippen molar-refractivity contribution < 1.29 is 18.0 Å². The third-order valence-corrected chi connectivity index (χ3v) is 5.05. The maximum Gasteiger partial charge on any atom is 0.416 e. The van der Waals surface area contributed by atoms with Crippen molar-refractivity contribution in [3.05, 3.63) is 63.9 Å². The number of carbonyl (C=O) groups excluding carboxylic acids is 1. The zero-order valence-electron chi connectivity index (χ0n) is 16.7. The molecule has 164 valence electrons. The lowest BCUT2D eigenvalue weighted by Crippen LogP contribution is -2.40. The van der Waals surface area contributed by atoms with Gasteiger partial charge in [-0.15, -0.1) is 11.3 Å². The first-order chi connectivity index (χ1) is 14.6. The summed E-state index contributed by atoms with van der Waals surface area (Å²) in [6.45, 7) is 0.853. The van der Waals surface area contributed by atoms with E-state index < -0.39 is 17.8 Å². The number of nitrogens with zero attached hydrogens (tertiary/aromatic N) is 3. The number of amides is 2. The number of aromatic nitrogens is 2. The number of hydrogen-bond donors (Lipinski definition) is 2. The Hall–Kier alpha value is -3.18. The van der Waals surface area contributed by atoms with E-state index in [9.17, 15) is 22.8 Å². The summed E-state index contributed by atoms with van der Waals surface area (Å²) in [6, 6.07) is 6.89. The molecule has 0 bridgehead atoms. The van der Waals surface area contributed by atoms with E-state index in [-0.39, 0.29) is 16.4 Å².